The molecule has 0 N–H and O–H groups in total. The lowest BCUT2D eigenvalue weighted by atomic mass is 10.1. The van der Waals surface area contributed by atoms with Crippen LogP contribution in [0.3, 0.4) is 0 Å². The molecule has 0 amide bonds. The first kappa shape index (κ1) is 15.9. The van der Waals surface area contributed by atoms with Gasteiger partial charge in [-0.1, -0.05) is 46.5 Å². The first-order chi connectivity index (χ1) is 7.52. The molecular weight excluding hydrogens is 264 g/mol. The van der Waals surface area contributed by atoms with Gasteiger partial charge in [-0.15, -0.1) is 6.58 Å². The number of unbranched alkanes of at least 4 members (excludes halogenated alkanes) is 2. The maximum Gasteiger partial charge on any atom is 0.0671 e. The SMILES string of the molecule is C=C(C)COCCCCCC(Br)CC(=C)C. The molecule has 1 atom stereocenters. The third-order valence-electron chi connectivity index (χ3n) is 2.22. The quantitative estimate of drug-likeness (QED) is 0.317. The number of halogens is 1. The molecule has 16 heavy (non-hydrogen) atoms. The molecule has 0 aliphatic carbocycles. The highest BCUT2D eigenvalue weighted by atomic mass is 79.9. The Morgan fingerprint density at radius 3 is 2.38 bits per heavy atom. The van der Waals surface area contributed by atoms with Crippen LogP contribution in [0.1, 0.15) is 46.0 Å². The standard InChI is InChI=1S/C14H25BrO/c1-12(2)10-14(15)8-6-5-7-9-16-11-13(3)4/h14H,1,3,5-11H2,2,4H3. The molecule has 0 aliphatic rings. The van der Waals surface area contributed by atoms with Gasteiger partial charge < -0.3 is 4.74 Å². The van der Waals surface area contributed by atoms with Crippen LogP contribution in [0.5, 0.6) is 0 Å². The van der Waals surface area contributed by atoms with Gasteiger partial charge in [0.05, 0.1) is 6.61 Å². The van der Waals surface area contributed by atoms with Gasteiger partial charge in [0.25, 0.3) is 0 Å². The Hall–Kier alpha value is -0.0800. The molecule has 0 bridgehead atoms. The van der Waals surface area contributed by atoms with Gasteiger partial charge in [-0.05, 0) is 33.1 Å². The summed E-state index contributed by atoms with van der Waals surface area (Å²) in [6.07, 6.45) is 5.98. The normalized spacial score (nSPS) is 12.4. The van der Waals surface area contributed by atoms with E-state index < -0.39 is 0 Å². The largest absolute Gasteiger partial charge is 0.377 e. The van der Waals surface area contributed by atoms with Crippen LogP contribution >= 0.6 is 15.9 Å². The summed E-state index contributed by atoms with van der Waals surface area (Å²) in [5.41, 5.74) is 2.36. The maximum absolute atomic E-state index is 5.44. The average molecular weight is 289 g/mol. The third-order valence-corrected chi connectivity index (χ3v) is 3.01. The second-order valence-electron chi connectivity index (χ2n) is 4.62. The summed E-state index contributed by atoms with van der Waals surface area (Å²) in [4.78, 5) is 0.598. The van der Waals surface area contributed by atoms with E-state index in [1.807, 2.05) is 6.92 Å². The number of allylic oxidation sites excluding steroid dienone is 1. The Morgan fingerprint density at radius 1 is 1.12 bits per heavy atom. The number of rotatable bonds is 10. The molecule has 94 valence electrons. The van der Waals surface area contributed by atoms with Gasteiger partial charge in [0.1, 0.15) is 0 Å². The second kappa shape index (κ2) is 10.1. The van der Waals surface area contributed by atoms with Crippen molar-refractivity contribution >= 4 is 15.9 Å². The van der Waals surface area contributed by atoms with E-state index in [4.69, 9.17) is 4.74 Å². The summed E-state index contributed by atoms with van der Waals surface area (Å²) < 4.78 is 5.44. The third kappa shape index (κ3) is 12.0. The molecule has 0 fully saturated rings. The molecule has 0 heterocycles. The Balaban J connectivity index is 3.20. The van der Waals surface area contributed by atoms with Gasteiger partial charge >= 0.3 is 0 Å². The fourth-order valence-electron chi connectivity index (χ4n) is 1.47. The average Bonchev–Trinajstić information content (AvgIpc) is 2.14. The van der Waals surface area contributed by atoms with Crippen LogP contribution in [-0.4, -0.2) is 18.0 Å². The second-order valence-corrected chi connectivity index (χ2v) is 5.91. The highest BCUT2D eigenvalue weighted by Crippen LogP contribution is 2.17. The maximum atomic E-state index is 5.44. The molecule has 1 nitrogen and oxygen atoms in total. The van der Waals surface area contributed by atoms with Crippen molar-refractivity contribution in [2.75, 3.05) is 13.2 Å². The minimum atomic E-state index is 0.598. The van der Waals surface area contributed by atoms with Gasteiger partial charge in [0, 0.05) is 11.4 Å². The fraction of sp³-hybridized carbons (Fsp3) is 0.714. The van der Waals surface area contributed by atoms with E-state index >= 15 is 0 Å². The van der Waals surface area contributed by atoms with E-state index in [9.17, 15) is 0 Å². The summed E-state index contributed by atoms with van der Waals surface area (Å²) in [7, 11) is 0. The predicted octanol–water partition coefficient (Wildman–Crippen LogP) is 4.87. The van der Waals surface area contributed by atoms with Crippen LogP contribution < -0.4 is 0 Å². The molecule has 0 aromatic rings. The van der Waals surface area contributed by atoms with Crippen molar-refractivity contribution in [1.82, 2.24) is 0 Å². The van der Waals surface area contributed by atoms with E-state index in [2.05, 4.69) is 36.0 Å². The summed E-state index contributed by atoms with van der Waals surface area (Å²) in [5, 5.41) is 0. The molecule has 0 spiro atoms. The van der Waals surface area contributed by atoms with Crippen molar-refractivity contribution in [3.05, 3.63) is 24.3 Å². The van der Waals surface area contributed by atoms with Crippen molar-refractivity contribution in [3.8, 4) is 0 Å². The Kier molecular flexibility index (Phi) is 10.0. The van der Waals surface area contributed by atoms with Gasteiger partial charge in [-0.25, -0.2) is 0 Å². The summed E-state index contributed by atoms with van der Waals surface area (Å²) in [6.45, 7) is 13.4. The van der Waals surface area contributed by atoms with Crippen LogP contribution in [0.25, 0.3) is 0 Å². The minimum Gasteiger partial charge on any atom is -0.377 e. The van der Waals surface area contributed by atoms with Gasteiger partial charge in [0.2, 0.25) is 0 Å². The number of alkyl halides is 1. The summed E-state index contributed by atoms with van der Waals surface area (Å²) >= 11 is 3.68. The number of ether oxygens (including phenoxy) is 1. The molecule has 1 unspecified atom stereocenters. The van der Waals surface area contributed by atoms with E-state index in [1.165, 1.54) is 24.8 Å². The van der Waals surface area contributed by atoms with Crippen molar-refractivity contribution < 1.29 is 4.74 Å². The van der Waals surface area contributed by atoms with E-state index in [-0.39, 0.29) is 0 Å². The van der Waals surface area contributed by atoms with Crippen molar-refractivity contribution in [2.24, 2.45) is 0 Å². The minimum absolute atomic E-state index is 0.598. The molecule has 0 radical (unpaired) electrons. The lowest BCUT2D eigenvalue weighted by molar-refractivity contribution is 0.151. The zero-order valence-electron chi connectivity index (χ0n) is 10.7. The topological polar surface area (TPSA) is 9.23 Å². The van der Waals surface area contributed by atoms with Crippen LogP contribution in [0, 0.1) is 0 Å². The number of hydrogen-bond acceptors (Lipinski definition) is 1. The molecule has 0 aromatic heterocycles. The Morgan fingerprint density at radius 2 is 1.81 bits per heavy atom. The first-order valence-corrected chi connectivity index (χ1v) is 6.94. The van der Waals surface area contributed by atoms with Crippen LogP contribution in [0.4, 0.5) is 0 Å². The zero-order valence-corrected chi connectivity index (χ0v) is 12.3. The van der Waals surface area contributed by atoms with Gasteiger partial charge in [-0.2, -0.15) is 0 Å². The summed E-state index contributed by atoms with van der Waals surface area (Å²) in [5.74, 6) is 0. The highest BCUT2D eigenvalue weighted by molar-refractivity contribution is 9.09. The van der Waals surface area contributed by atoms with Crippen LogP contribution in [0.2, 0.25) is 0 Å². The summed E-state index contributed by atoms with van der Waals surface area (Å²) in [6, 6.07) is 0. The lowest BCUT2D eigenvalue weighted by Crippen LogP contribution is -2.00. The monoisotopic (exact) mass is 288 g/mol. The van der Waals surface area contributed by atoms with E-state index in [0.717, 1.165) is 25.0 Å². The molecular formula is C14H25BrO. The Labute approximate surface area is 109 Å². The molecule has 2 heteroatoms. The Bertz CT molecular complexity index is 211. The predicted molar refractivity (Wildman–Crippen MR) is 76.2 cm³/mol. The van der Waals surface area contributed by atoms with Gasteiger partial charge in [-0.3, -0.25) is 0 Å². The zero-order chi connectivity index (χ0) is 12.4. The van der Waals surface area contributed by atoms with E-state index in [1.54, 1.807) is 0 Å². The van der Waals surface area contributed by atoms with Crippen LogP contribution in [-0.2, 0) is 4.74 Å². The fourth-order valence-corrected chi connectivity index (χ4v) is 2.35. The molecule has 0 rings (SSSR count). The van der Waals surface area contributed by atoms with E-state index in [0.29, 0.717) is 11.4 Å². The van der Waals surface area contributed by atoms with Crippen LogP contribution in [0.15, 0.2) is 24.3 Å². The molecule has 0 saturated heterocycles. The molecule has 0 aliphatic heterocycles. The van der Waals surface area contributed by atoms with Crippen molar-refractivity contribution in [1.29, 1.82) is 0 Å². The molecule has 0 aromatic carbocycles. The smallest absolute Gasteiger partial charge is 0.0671 e. The number of hydrogen-bond donors (Lipinski definition) is 0. The van der Waals surface area contributed by atoms with Crippen molar-refractivity contribution in [3.63, 3.8) is 0 Å². The van der Waals surface area contributed by atoms with Crippen molar-refractivity contribution in [2.45, 2.75) is 50.8 Å². The lowest BCUT2D eigenvalue weighted by Gasteiger charge is -2.09. The first-order valence-electron chi connectivity index (χ1n) is 6.03. The highest BCUT2D eigenvalue weighted by Gasteiger charge is 2.03. The van der Waals surface area contributed by atoms with Gasteiger partial charge in [0.15, 0.2) is 0 Å². The molecule has 0 saturated carbocycles.